The smallest absolute Gasteiger partial charge is 0.407 e. The second-order valence-corrected chi connectivity index (χ2v) is 11.4. The van der Waals surface area contributed by atoms with Gasteiger partial charge in [0, 0.05) is 52.8 Å². The van der Waals surface area contributed by atoms with Crippen LogP contribution in [0, 0.1) is 6.92 Å². The van der Waals surface area contributed by atoms with Crippen LogP contribution in [0.1, 0.15) is 67.1 Å². The quantitative estimate of drug-likeness (QED) is 0.197. The van der Waals surface area contributed by atoms with Gasteiger partial charge < -0.3 is 15.4 Å². The van der Waals surface area contributed by atoms with Crippen LogP contribution in [-0.4, -0.2) is 68.4 Å². The van der Waals surface area contributed by atoms with Gasteiger partial charge in [-0.2, -0.15) is 0 Å². The predicted molar refractivity (Wildman–Crippen MR) is 164 cm³/mol. The van der Waals surface area contributed by atoms with Crippen molar-refractivity contribution in [3.05, 3.63) is 65.5 Å². The second kappa shape index (κ2) is 12.1. The monoisotopic (exact) mass is 581 g/mol. The van der Waals surface area contributed by atoms with Crippen LogP contribution in [0.4, 0.5) is 10.5 Å². The van der Waals surface area contributed by atoms with Crippen LogP contribution in [0.5, 0.6) is 0 Å². The van der Waals surface area contributed by atoms with Crippen LogP contribution >= 0.6 is 0 Å². The lowest BCUT2D eigenvalue weighted by atomic mass is 9.89. The molecule has 222 valence electrons. The molecule has 0 unspecified atom stereocenters. The molecule has 0 fully saturated rings. The van der Waals surface area contributed by atoms with Crippen molar-refractivity contribution in [1.82, 2.24) is 30.6 Å². The van der Waals surface area contributed by atoms with E-state index in [9.17, 15) is 14.4 Å². The van der Waals surface area contributed by atoms with Crippen molar-refractivity contribution in [2.45, 2.75) is 53.1 Å². The third-order valence-electron chi connectivity index (χ3n) is 6.95. The molecule has 3 aromatic carbocycles. The highest BCUT2D eigenvalue weighted by atomic mass is 16.6. The highest BCUT2D eigenvalue weighted by Crippen LogP contribution is 2.38. The molecule has 2 heterocycles. The van der Waals surface area contributed by atoms with Crippen molar-refractivity contribution in [2.75, 3.05) is 25.0 Å². The van der Waals surface area contributed by atoms with Crippen LogP contribution in [0.3, 0.4) is 0 Å². The molecule has 43 heavy (non-hydrogen) atoms. The maximum absolute atomic E-state index is 13.9. The topological polar surface area (TPSA) is 139 Å². The van der Waals surface area contributed by atoms with Gasteiger partial charge in [-0.3, -0.25) is 14.5 Å². The number of ether oxygens (including phenoxy) is 1. The molecule has 0 saturated heterocycles. The summed E-state index contributed by atoms with van der Waals surface area (Å²) >= 11 is 0. The first-order valence-electron chi connectivity index (χ1n) is 14.4. The summed E-state index contributed by atoms with van der Waals surface area (Å²) in [5.74, 6) is 0.0443. The molecule has 0 saturated carbocycles. The average Bonchev–Trinajstić information content (AvgIpc) is 2.97. The molecule has 0 spiro atoms. The average molecular weight is 582 g/mol. The molecule has 0 radical (unpaired) electrons. The number of carbonyl (C=O) groups excluding carboxylic acids is 3. The lowest BCUT2D eigenvalue weighted by Gasteiger charge is -2.29. The number of nitrogens with one attached hydrogen (secondary N) is 2. The van der Waals surface area contributed by atoms with E-state index in [0.29, 0.717) is 28.2 Å². The number of alkyl carbamates (subject to hydrolysis) is 1. The molecule has 1 aliphatic heterocycles. The summed E-state index contributed by atoms with van der Waals surface area (Å²) in [6, 6.07) is 15.1. The van der Waals surface area contributed by atoms with Gasteiger partial charge in [-0.15, -0.1) is 20.4 Å². The summed E-state index contributed by atoms with van der Waals surface area (Å²) in [6.07, 6.45) is 1.40. The molecule has 1 aliphatic rings. The maximum Gasteiger partial charge on any atom is 0.407 e. The second-order valence-electron chi connectivity index (χ2n) is 11.4. The highest BCUT2D eigenvalue weighted by Gasteiger charge is 2.34. The predicted octanol–water partition coefficient (Wildman–Crippen LogP) is 5.39. The molecular formula is C32H35N7O4. The first-order valence-corrected chi connectivity index (χ1v) is 14.4. The molecule has 11 heteroatoms. The van der Waals surface area contributed by atoms with Gasteiger partial charge in [-0.25, -0.2) is 4.79 Å². The maximum atomic E-state index is 13.9. The minimum absolute atomic E-state index is 0.00117. The Morgan fingerprint density at radius 1 is 0.884 bits per heavy atom. The van der Waals surface area contributed by atoms with Crippen molar-refractivity contribution in [3.63, 3.8) is 0 Å². The minimum atomic E-state index is -0.662. The van der Waals surface area contributed by atoms with Crippen LogP contribution in [0.2, 0.25) is 0 Å². The Hall–Kier alpha value is -4.93. The van der Waals surface area contributed by atoms with E-state index < -0.39 is 23.5 Å². The van der Waals surface area contributed by atoms with E-state index in [1.807, 2.05) is 42.5 Å². The van der Waals surface area contributed by atoms with Gasteiger partial charge in [0.25, 0.3) is 11.8 Å². The van der Waals surface area contributed by atoms with E-state index in [0.717, 1.165) is 47.2 Å². The number of aryl methyl sites for hydroxylation is 1. The number of aromatic nitrogens is 4. The first kappa shape index (κ1) is 29.6. The fourth-order valence-electron chi connectivity index (χ4n) is 4.95. The molecule has 0 bridgehead atoms. The van der Waals surface area contributed by atoms with E-state index in [1.165, 1.54) is 4.90 Å². The summed E-state index contributed by atoms with van der Waals surface area (Å²) in [5.41, 5.74) is 3.41. The minimum Gasteiger partial charge on any atom is -0.444 e. The number of anilines is 1. The SMILES string of the molecule is CCCCNc1ccc2c3c(cc(-c4cccc(-c5nnc(C)nn5)c4)cc13)C(=O)N(CCNC(=O)OC(C)(C)C)C2=O. The number of amides is 3. The van der Waals surface area contributed by atoms with E-state index in [1.54, 1.807) is 33.8 Å². The van der Waals surface area contributed by atoms with Crippen LogP contribution < -0.4 is 10.6 Å². The first-order chi connectivity index (χ1) is 20.6. The van der Waals surface area contributed by atoms with Gasteiger partial charge >= 0.3 is 6.09 Å². The zero-order valence-corrected chi connectivity index (χ0v) is 25.0. The summed E-state index contributed by atoms with van der Waals surface area (Å²) in [6.45, 7) is 9.96. The van der Waals surface area contributed by atoms with Gasteiger partial charge in [0.1, 0.15) is 5.60 Å². The van der Waals surface area contributed by atoms with Crippen molar-refractivity contribution >= 4 is 34.4 Å². The van der Waals surface area contributed by atoms with Gasteiger partial charge in [0.15, 0.2) is 5.82 Å². The molecule has 0 atom stereocenters. The summed E-state index contributed by atoms with van der Waals surface area (Å²) in [7, 11) is 0. The Bertz CT molecular complexity index is 1700. The Morgan fingerprint density at radius 3 is 2.33 bits per heavy atom. The van der Waals surface area contributed by atoms with Crippen LogP contribution in [-0.2, 0) is 4.74 Å². The number of rotatable bonds is 9. The Balaban J connectivity index is 1.54. The molecule has 11 nitrogen and oxygen atoms in total. The summed E-state index contributed by atoms with van der Waals surface area (Å²) in [5, 5.41) is 23.9. The largest absolute Gasteiger partial charge is 0.444 e. The molecule has 5 rings (SSSR count). The van der Waals surface area contributed by atoms with Gasteiger partial charge in [-0.05, 0) is 75.6 Å². The van der Waals surface area contributed by atoms with E-state index in [-0.39, 0.29) is 13.1 Å². The van der Waals surface area contributed by atoms with Crippen LogP contribution in [0.15, 0.2) is 48.5 Å². The van der Waals surface area contributed by atoms with Crippen molar-refractivity contribution in [2.24, 2.45) is 0 Å². The Kier molecular flexibility index (Phi) is 8.33. The standard InChI is InChI=1S/C32H35N7O4/c1-6-7-13-33-26-12-11-23-27-24(26)17-22(20-9-8-10-21(16-20)28-37-35-19(2)36-38-28)18-25(27)30(41)39(29(23)40)15-14-34-31(42)43-32(3,4)5/h8-12,16-18,33H,6-7,13-15H2,1-5H3,(H,34,42). The molecule has 0 aliphatic carbocycles. The highest BCUT2D eigenvalue weighted by molar-refractivity contribution is 6.27. The normalized spacial score (nSPS) is 12.9. The molecular weight excluding hydrogens is 546 g/mol. The zero-order valence-electron chi connectivity index (χ0n) is 25.0. The molecule has 1 aromatic heterocycles. The Labute approximate surface area is 250 Å². The van der Waals surface area contributed by atoms with Crippen LogP contribution in [0.25, 0.3) is 33.3 Å². The van der Waals surface area contributed by atoms with Crippen molar-refractivity contribution in [3.8, 4) is 22.5 Å². The number of hydrogen-bond acceptors (Lipinski definition) is 9. The fourth-order valence-corrected chi connectivity index (χ4v) is 4.95. The summed E-state index contributed by atoms with van der Waals surface area (Å²) in [4.78, 5) is 40.8. The number of carbonyl (C=O) groups is 3. The van der Waals surface area contributed by atoms with Gasteiger partial charge in [-0.1, -0.05) is 31.5 Å². The van der Waals surface area contributed by atoms with E-state index in [4.69, 9.17) is 4.74 Å². The zero-order chi connectivity index (χ0) is 30.7. The number of benzene rings is 3. The lowest BCUT2D eigenvalue weighted by Crippen LogP contribution is -2.45. The number of hydrogen-bond donors (Lipinski definition) is 2. The fraction of sp³-hybridized carbons (Fsp3) is 0.344. The van der Waals surface area contributed by atoms with E-state index >= 15 is 0 Å². The van der Waals surface area contributed by atoms with Gasteiger partial charge in [0.05, 0.1) is 0 Å². The Morgan fingerprint density at radius 2 is 1.60 bits per heavy atom. The van der Waals surface area contributed by atoms with E-state index in [2.05, 4.69) is 38.0 Å². The third kappa shape index (κ3) is 6.45. The molecule has 4 aromatic rings. The number of nitrogens with zero attached hydrogens (tertiary/aromatic N) is 5. The number of imide groups is 1. The van der Waals surface area contributed by atoms with Crippen molar-refractivity contribution in [1.29, 1.82) is 0 Å². The molecule has 2 N–H and O–H groups in total. The third-order valence-corrected chi connectivity index (χ3v) is 6.95. The lowest BCUT2D eigenvalue weighted by molar-refractivity contribution is 0.0496. The summed E-state index contributed by atoms with van der Waals surface area (Å²) < 4.78 is 5.29. The van der Waals surface area contributed by atoms with Gasteiger partial charge in [0.2, 0.25) is 5.82 Å². The number of unbranched alkanes of at least 4 members (excludes halogenated alkanes) is 1. The molecule has 3 amide bonds. The van der Waals surface area contributed by atoms with Crippen molar-refractivity contribution < 1.29 is 19.1 Å².